The zero-order valence-corrected chi connectivity index (χ0v) is 13.5. The van der Waals surface area contributed by atoms with E-state index in [4.69, 9.17) is 4.74 Å². The summed E-state index contributed by atoms with van der Waals surface area (Å²) < 4.78 is 6.01. The summed E-state index contributed by atoms with van der Waals surface area (Å²) >= 11 is 0. The van der Waals surface area contributed by atoms with Gasteiger partial charge in [-0.25, -0.2) is 0 Å². The summed E-state index contributed by atoms with van der Waals surface area (Å²) in [5, 5.41) is 3.48. The Hall–Kier alpha value is -1.87. The monoisotopic (exact) mass is 284 g/mol. The lowest BCUT2D eigenvalue weighted by molar-refractivity contribution is 0.413. The van der Waals surface area contributed by atoms with Crippen molar-refractivity contribution in [2.24, 2.45) is 0 Å². The fourth-order valence-electron chi connectivity index (χ4n) is 1.91. The molecule has 0 radical (unpaired) electrons. The minimum atomic E-state index is 0.0704. The topological polar surface area (TPSA) is 34.1 Å². The molecule has 1 aromatic carbocycles. The van der Waals surface area contributed by atoms with Gasteiger partial charge in [0.1, 0.15) is 11.5 Å². The van der Waals surface area contributed by atoms with Gasteiger partial charge >= 0.3 is 0 Å². The van der Waals surface area contributed by atoms with Gasteiger partial charge in [0, 0.05) is 23.8 Å². The molecule has 21 heavy (non-hydrogen) atoms. The molecule has 1 heterocycles. The van der Waals surface area contributed by atoms with E-state index in [-0.39, 0.29) is 5.54 Å². The Morgan fingerprint density at radius 2 is 1.86 bits per heavy atom. The number of rotatable bonds is 4. The summed E-state index contributed by atoms with van der Waals surface area (Å²) in [6.07, 6.45) is 3.57. The molecule has 0 fully saturated rings. The van der Waals surface area contributed by atoms with Crippen molar-refractivity contribution >= 4 is 0 Å². The molecular weight excluding hydrogens is 260 g/mol. The fourth-order valence-corrected chi connectivity index (χ4v) is 1.91. The summed E-state index contributed by atoms with van der Waals surface area (Å²) in [6.45, 7) is 11.4. The number of aryl methyl sites for hydroxylation is 2. The second-order valence-electron chi connectivity index (χ2n) is 6.44. The van der Waals surface area contributed by atoms with Gasteiger partial charge in [0.2, 0.25) is 0 Å². The zero-order chi connectivity index (χ0) is 15.5. The van der Waals surface area contributed by atoms with Gasteiger partial charge in [-0.2, -0.15) is 0 Å². The first kappa shape index (κ1) is 15.5. The lowest BCUT2D eigenvalue weighted by Gasteiger charge is -2.21. The number of pyridine rings is 1. The van der Waals surface area contributed by atoms with Crippen LogP contribution in [-0.4, -0.2) is 10.5 Å². The molecule has 112 valence electrons. The van der Waals surface area contributed by atoms with Gasteiger partial charge in [-0.1, -0.05) is 6.07 Å². The highest BCUT2D eigenvalue weighted by Gasteiger charge is 2.11. The Morgan fingerprint density at radius 3 is 2.52 bits per heavy atom. The van der Waals surface area contributed by atoms with Crippen LogP contribution in [-0.2, 0) is 6.54 Å². The lowest BCUT2D eigenvalue weighted by Crippen LogP contribution is -2.35. The van der Waals surface area contributed by atoms with Crippen LogP contribution >= 0.6 is 0 Å². The molecule has 0 saturated carbocycles. The van der Waals surface area contributed by atoms with Crippen LogP contribution in [0.5, 0.6) is 11.5 Å². The second kappa shape index (κ2) is 6.27. The van der Waals surface area contributed by atoms with Gasteiger partial charge in [-0.3, -0.25) is 4.98 Å². The minimum Gasteiger partial charge on any atom is -0.455 e. The molecular formula is C18H24N2O. The van der Waals surface area contributed by atoms with Crippen molar-refractivity contribution in [3.05, 3.63) is 53.3 Å². The van der Waals surface area contributed by atoms with Crippen LogP contribution in [0.4, 0.5) is 0 Å². The summed E-state index contributed by atoms with van der Waals surface area (Å²) in [6, 6.07) is 8.13. The average molecular weight is 284 g/mol. The number of hydrogen-bond acceptors (Lipinski definition) is 3. The standard InChI is InChI=1S/C18H24N2O/c1-13-6-7-16(10-14(13)2)21-17-12-19-9-8-15(17)11-20-18(3,4)5/h6-10,12,20H,11H2,1-5H3. The largest absolute Gasteiger partial charge is 0.455 e. The van der Waals surface area contributed by atoms with Gasteiger partial charge in [0.25, 0.3) is 0 Å². The fraction of sp³-hybridized carbons (Fsp3) is 0.389. The van der Waals surface area contributed by atoms with Crippen molar-refractivity contribution in [3.63, 3.8) is 0 Å². The van der Waals surface area contributed by atoms with Crippen molar-refractivity contribution in [1.29, 1.82) is 0 Å². The maximum absolute atomic E-state index is 6.01. The molecule has 0 atom stereocenters. The molecule has 0 saturated heterocycles. The molecule has 2 rings (SSSR count). The molecule has 0 aliphatic heterocycles. The van der Waals surface area contributed by atoms with Gasteiger partial charge in [0.05, 0.1) is 6.20 Å². The van der Waals surface area contributed by atoms with Gasteiger partial charge < -0.3 is 10.1 Å². The normalized spacial score (nSPS) is 11.5. The number of nitrogens with one attached hydrogen (secondary N) is 1. The molecule has 2 aromatic rings. The van der Waals surface area contributed by atoms with E-state index in [0.717, 1.165) is 23.6 Å². The number of ether oxygens (including phenoxy) is 1. The van der Waals surface area contributed by atoms with Gasteiger partial charge in [0.15, 0.2) is 0 Å². The Bertz CT molecular complexity index is 615. The highest BCUT2D eigenvalue weighted by Crippen LogP contribution is 2.26. The van der Waals surface area contributed by atoms with Gasteiger partial charge in [-0.05, 0) is 63.9 Å². The molecule has 0 unspecified atom stereocenters. The van der Waals surface area contributed by atoms with Crippen molar-refractivity contribution in [2.45, 2.75) is 46.7 Å². The van der Waals surface area contributed by atoms with E-state index in [9.17, 15) is 0 Å². The number of benzene rings is 1. The third-order valence-corrected chi connectivity index (χ3v) is 3.39. The molecule has 0 spiro atoms. The molecule has 3 nitrogen and oxygen atoms in total. The lowest BCUT2D eigenvalue weighted by atomic mass is 10.1. The predicted octanol–water partition coefficient (Wildman–Crippen LogP) is 4.38. The van der Waals surface area contributed by atoms with Crippen LogP contribution in [0.3, 0.4) is 0 Å². The molecule has 1 N–H and O–H groups in total. The summed E-state index contributed by atoms with van der Waals surface area (Å²) in [7, 11) is 0. The average Bonchev–Trinajstić information content (AvgIpc) is 2.41. The SMILES string of the molecule is Cc1ccc(Oc2cnccc2CNC(C)(C)C)cc1C. The number of hydrogen-bond donors (Lipinski definition) is 1. The number of aromatic nitrogens is 1. The molecule has 0 bridgehead atoms. The second-order valence-corrected chi connectivity index (χ2v) is 6.44. The third kappa shape index (κ3) is 4.57. The van der Waals surface area contributed by atoms with Crippen molar-refractivity contribution in [1.82, 2.24) is 10.3 Å². The van der Waals surface area contributed by atoms with Crippen molar-refractivity contribution < 1.29 is 4.74 Å². The van der Waals surface area contributed by atoms with Gasteiger partial charge in [-0.15, -0.1) is 0 Å². The first-order chi connectivity index (χ1) is 9.85. The number of nitrogens with zero attached hydrogens (tertiary/aromatic N) is 1. The van der Waals surface area contributed by atoms with Crippen LogP contribution in [0.15, 0.2) is 36.7 Å². The van der Waals surface area contributed by atoms with Crippen molar-refractivity contribution in [3.8, 4) is 11.5 Å². The summed E-state index contributed by atoms with van der Waals surface area (Å²) in [5.74, 6) is 1.65. The minimum absolute atomic E-state index is 0.0704. The summed E-state index contributed by atoms with van der Waals surface area (Å²) in [4.78, 5) is 4.17. The first-order valence-corrected chi connectivity index (χ1v) is 7.28. The van der Waals surface area contributed by atoms with E-state index < -0.39 is 0 Å². The van der Waals surface area contributed by atoms with Crippen LogP contribution in [0.2, 0.25) is 0 Å². The van der Waals surface area contributed by atoms with Crippen LogP contribution in [0.25, 0.3) is 0 Å². The van der Waals surface area contributed by atoms with E-state index >= 15 is 0 Å². The molecule has 0 aliphatic rings. The highest BCUT2D eigenvalue weighted by molar-refractivity contribution is 5.39. The molecule has 0 amide bonds. The first-order valence-electron chi connectivity index (χ1n) is 7.28. The van der Waals surface area contributed by atoms with E-state index in [2.05, 4.69) is 57.1 Å². The molecule has 3 heteroatoms. The zero-order valence-electron chi connectivity index (χ0n) is 13.5. The predicted molar refractivity (Wildman–Crippen MR) is 86.8 cm³/mol. The van der Waals surface area contributed by atoms with E-state index in [1.807, 2.05) is 12.1 Å². The quantitative estimate of drug-likeness (QED) is 0.904. The van der Waals surface area contributed by atoms with E-state index in [0.29, 0.717) is 0 Å². The highest BCUT2D eigenvalue weighted by atomic mass is 16.5. The summed E-state index contributed by atoms with van der Waals surface area (Å²) in [5.41, 5.74) is 3.67. The van der Waals surface area contributed by atoms with Crippen molar-refractivity contribution in [2.75, 3.05) is 0 Å². The van der Waals surface area contributed by atoms with Crippen LogP contribution in [0.1, 0.15) is 37.5 Å². The maximum Gasteiger partial charge on any atom is 0.150 e. The Labute approximate surface area is 127 Å². The van der Waals surface area contributed by atoms with E-state index in [1.54, 1.807) is 12.4 Å². The Balaban J connectivity index is 2.17. The smallest absolute Gasteiger partial charge is 0.150 e. The molecule has 0 aliphatic carbocycles. The van der Waals surface area contributed by atoms with Crippen LogP contribution in [0, 0.1) is 13.8 Å². The maximum atomic E-state index is 6.01. The van der Waals surface area contributed by atoms with E-state index in [1.165, 1.54) is 11.1 Å². The Morgan fingerprint density at radius 1 is 1.10 bits per heavy atom. The Kier molecular flexibility index (Phi) is 4.63. The molecule has 1 aromatic heterocycles. The van der Waals surface area contributed by atoms with Crippen LogP contribution < -0.4 is 10.1 Å². The third-order valence-electron chi connectivity index (χ3n) is 3.39.